The standard InChI is InChI=1S/C10H12FN3/c1-2-9(13)6-3-7(5-12)10(14)8(11)4-6/h3-4,9H,2,13-14H2,1H3/t9-/m1/s1. The molecular formula is C10H12FN3. The van der Waals surface area contributed by atoms with Gasteiger partial charge in [0.05, 0.1) is 11.3 Å². The number of hydrogen-bond donors (Lipinski definition) is 2. The molecule has 1 aromatic rings. The van der Waals surface area contributed by atoms with E-state index in [1.54, 1.807) is 0 Å². The third-order valence-electron chi connectivity index (χ3n) is 2.14. The Bertz CT molecular complexity index is 382. The van der Waals surface area contributed by atoms with E-state index in [-0.39, 0.29) is 17.3 Å². The monoisotopic (exact) mass is 193 g/mol. The highest BCUT2D eigenvalue weighted by Gasteiger charge is 2.11. The van der Waals surface area contributed by atoms with Gasteiger partial charge in [-0.1, -0.05) is 6.92 Å². The van der Waals surface area contributed by atoms with Crippen LogP contribution in [0.25, 0.3) is 0 Å². The second-order valence-electron chi connectivity index (χ2n) is 3.09. The third kappa shape index (κ3) is 1.83. The van der Waals surface area contributed by atoms with Crippen LogP contribution < -0.4 is 11.5 Å². The van der Waals surface area contributed by atoms with Crippen LogP contribution in [0.1, 0.15) is 30.5 Å². The molecule has 0 aliphatic heterocycles. The summed E-state index contributed by atoms with van der Waals surface area (Å²) < 4.78 is 13.2. The van der Waals surface area contributed by atoms with E-state index in [4.69, 9.17) is 16.7 Å². The second-order valence-corrected chi connectivity index (χ2v) is 3.09. The highest BCUT2D eigenvalue weighted by molar-refractivity contribution is 5.56. The Morgan fingerprint density at radius 1 is 1.57 bits per heavy atom. The van der Waals surface area contributed by atoms with Crippen LogP contribution in [0.2, 0.25) is 0 Å². The minimum Gasteiger partial charge on any atom is -0.395 e. The first kappa shape index (κ1) is 10.5. The Kier molecular flexibility index (Phi) is 3.05. The average Bonchev–Trinajstić information content (AvgIpc) is 2.20. The molecule has 1 rings (SSSR count). The van der Waals surface area contributed by atoms with Gasteiger partial charge in [0.15, 0.2) is 0 Å². The summed E-state index contributed by atoms with van der Waals surface area (Å²) in [6, 6.07) is 4.40. The van der Waals surface area contributed by atoms with Crippen molar-refractivity contribution >= 4 is 5.69 Å². The molecule has 0 aliphatic rings. The van der Waals surface area contributed by atoms with Crippen molar-refractivity contribution in [3.8, 4) is 6.07 Å². The van der Waals surface area contributed by atoms with E-state index >= 15 is 0 Å². The van der Waals surface area contributed by atoms with Crippen LogP contribution in [-0.4, -0.2) is 0 Å². The van der Waals surface area contributed by atoms with Gasteiger partial charge >= 0.3 is 0 Å². The van der Waals surface area contributed by atoms with Gasteiger partial charge in [-0.25, -0.2) is 4.39 Å². The van der Waals surface area contributed by atoms with E-state index in [0.29, 0.717) is 12.0 Å². The molecule has 3 nitrogen and oxygen atoms in total. The number of nitrogen functional groups attached to an aromatic ring is 1. The molecule has 14 heavy (non-hydrogen) atoms. The number of halogens is 1. The van der Waals surface area contributed by atoms with Gasteiger partial charge in [0.1, 0.15) is 11.9 Å². The summed E-state index contributed by atoms with van der Waals surface area (Å²) in [7, 11) is 0. The van der Waals surface area contributed by atoms with Crippen molar-refractivity contribution in [2.75, 3.05) is 5.73 Å². The lowest BCUT2D eigenvalue weighted by molar-refractivity contribution is 0.620. The molecule has 4 N–H and O–H groups in total. The molecule has 0 spiro atoms. The summed E-state index contributed by atoms with van der Waals surface area (Å²) in [6.07, 6.45) is 0.689. The van der Waals surface area contributed by atoms with Crippen molar-refractivity contribution in [1.82, 2.24) is 0 Å². The first-order chi connectivity index (χ1) is 6.60. The molecule has 4 heteroatoms. The summed E-state index contributed by atoms with van der Waals surface area (Å²) in [5, 5.41) is 8.68. The van der Waals surface area contributed by atoms with Gasteiger partial charge in [-0.2, -0.15) is 5.26 Å². The molecule has 0 bridgehead atoms. The molecule has 0 aliphatic carbocycles. The molecular weight excluding hydrogens is 181 g/mol. The minimum atomic E-state index is -0.581. The van der Waals surface area contributed by atoms with Crippen LogP contribution >= 0.6 is 0 Å². The lowest BCUT2D eigenvalue weighted by atomic mass is 10.0. The van der Waals surface area contributed by atoms with E-state index in [0.717, 1.165) is 0 Å². The van der Waals surface area contributed by atoms with Crippen molar-refractivity contribution in [3.05, 3.63) is 29.1 Å². The van der Waals surface area contributed by atoms with Crippen LogP contribution in [0.15, 0.2) is 12.1 Å². The Hall–Kier alpha value is -1.60. The largest absolute Gasteiger partial charge is 0.395 e. The Balaban J connectivity index is 3.24. The van der Waals surface area contributed by atoms with Crippen LogP contribution in [0.4, 0.5) is 10.1 Å². The molecule has 74 valence electrons. The molecule has 0 unspecified atom stereocenters. The van der Waals surface area contributed by atoms with Crippen molar-refractivity contribution in [1.29, 1.82) is 5.26 Å². The summed E-state index contributed by atoms with van der Waals surface area (Å²) >= 11 is 0. The maximum absolute atomic E-state index is 13.2. The highest BCUT2D eigenvalue weighted by Crippen LogP contribution is 2.22. The quantitative estimate of drug-likeness (QED) is 0.702. The molecule has 0 heterocycles. The summed E-state index contributed by atoms with van der Waals surface area (Å²) in [6.45, 7) is 1.89. The summed E-state index contributed by atoms with van der Waals surface area (Å²) in [5.41, 5.74) is 11.7. The summed E-state index contributed by atoms with van der Waals surface area (Å²) in [5.74, 6) is -0.581. The van der Waals surface area contributed by atoms with Gasteiger partial charge in [0, 0.05) is 6.04 Å². The molecule has 0 amide bonds. The van der Waals surface area contributed by atoms with Crippen molar-refractivity contribution in [2.24, 2.45) is 5.73 Å². The van der Waals surface area contributed by atoms with Crippen molar-refractivity contribution < 1.29 is 4.39 Å². The topological polar surface area (TPSA) is 75.8 Å². The summed E-state index contributed by atoms with van der Waals surface area (Å²) in [4.78, 5) is 0. The predicted molar refractivity (Wildman–Crippen MR) is 52.7 cm³/mol. The van der Waals surface area contributed by atoms with Crippen LogP contribution in [0, 0.1) is 17.1 Å². The normalized spacial score (nSPS) is 12.1. The van der Waals surface area contributed by atoms with Crippen LogP contribution in [-0.2, 0) is 0 Å². The molecule has 0 fully saturated rings. The number of rotatable bonds is 2. The fourth-order valence-corrected chi connectivity index (χ4v) is 1.18. The van der Waals surface area contributed by atoms with E-state index in [2.05, 4.69) is 0 Å². The zero-order chi connectivity index (χ0) is 10.7. The number of nitrogens with two attached hydrogens (primary N) is 2. The van der Waals surface area contributed by atoms with E-state index in [1.165, 1.54) is 12.1 Å². The molecule has 0 saturated heterocycles. The minimum absolute atomic E-state index is 0.112. The van der Waals surface area contributed by atoms with Gasteiger partial charge < -0.3 is 11.5 Å². The van der Waals surface area contributed by atoms with Gasteiger partial charge in [0.25, 0.3) is 0 Å². The molecule has 0 saturated carbocycles. The van der Waals surface area contributed by atoms with Crippen molar-refractivity contribution in [2.45, 2.75) is 19.4 Å². The zero-order valence-corrected chi connectivity index (χ0v) is 7.92. The van der Waals surface area contributed by atoms with Gasteiger partial charge in [-0.3, -0.25) is 0 Å². The smallest absolute Gasteiger partial charge is 0.147 e. The maximum Gasteiger partial charge on any atom is 0.147 e. The van der Waals surface area contributed by atoms with Crippen molar-refractivity contribution in [3.63, 3.8) is 0 Å². The Morgan fingerprint density at radius 2 is 2.21 bits per heavy atom. The van der Waals surface area contributed by atoms with Crippen LogP contribution in [0.3, 0.4) is 0 Å². The number of nitrogens with zero attached hydrogens (tertiary/aromatic N) is 1. The molecule has 1 aromatic carbocycles. The molecule has 0 radical (unpaired) electrons. The van der Waals surface area contributed by atoms with Gasteiger partial charge in [0.2, 0.25) is 0 Å². The Morgan fingerprint density at radius 3 is 2.71 bits per heavy atom. The number of hydrogen-bond acceptors (Lipinski definition) is 3. The first-order valence-electron chi connectivity index (χ1n) is 4.34. The third-order valence-corrected chi connectivity index (χ3v) is 2.14. The predicted octanol–water partition coefficient (Wildman–Crippen LogP) is 1.69. The fraction of sp³-hybridized carbons (Fsp3) is 0.300. The fourth-order valence-electron chi connectivity index (χ4n) is 1.18. The molecule has 0 aromatic heterocycles. The lowest BCUT2D eigenvalue weighted by Gasteiger charge is -2.10. The zero-order valence-electron chi connectivity index (χ0n) is 7.92. The average molecular weight is 193 g/mol. The van der Waals surface area contributed by atoms with E-state index in [1.807, 2.05) is 13.0 Å². The molecule has 1 atom stereocenters. The number of benzene rings is 1. The lowest BCUT2D eigenvalue weighted by Crippen LogP contribution is -2.10. The number of nitriles is 1. The van der Waals surface area contributed by atoms with E-state index < -0.39 is 5.82 Å². The Labute approximate surface area is 82.1 Å². The van der Waals surface area contributed by atoms with Gasteiger partial charge in [-0.15, -0.1) is 0 Å². The highest BCUT2D eigenvalue weighted by atomic mass is 19.1. The van der Waals surface area contributed by atoms with E-state index in [9.17, 15) is 4.39 Å². The SMILES string of the molecule is CC[C@@H](N)c1cc(F)c(N)c(C#N)c1. The van der Waals surface area contributed by atoms with Gasteiger partial charge in [-0.05, 0) is 24.1 Å². The second kappa shape index (κ2) is 4.07. The maximum atomic E-state index is 13.2. The number of anilines is 1. The first-order valence-corrected chi connectivity index (χ1v) is 4.34. The van der Waals surface area contributed by atoms with Crippen LogP contribution in [0.5, 0.6) is 0 Å².